The van der Waals surface area contributed by atoms with Gasteiger partial charge in [-0.25, -0.2) is 14.8 Å². The molecular weight excluding hydrogens is 324 g/mol. The maximum Gasteiger partial charge on any atom is 0.416 e. The van der Waals surface area contributed by atoms with Crippen LogP contribution in [0.3, 0.4) is 0 Å². The summed E-state index contributed by atoms with van der Waals surface area (Å²) < 4.78 is 10.1. The van der Waals surface area contributed by atoms with Crippen LogP contribution in [0.25, 0.3) is 0 Å². The monoisotopic (exact) mass is 348 g/mol. The van der Waals surface area contributed by atoms with E-state index in [0.29, 0.717) is 24.8 Å². The highest BCUT2D eigenvalue weighted by Gasteiger charge is 2.42. The largest absolute Gasteiger partial charge is 0.447 e. The first kappa shape index (κ1) is 17.6. The lowest BCUT2D eigenvalue weighted by molar-refractivity contribution is -0.136. The number of hydrogen-bond acceptors (Lipinski definition) is 6. The zero-order chi connectivity index (χ0) is 18.2. The maximum atomic E-state index is 12.3. The average Bonchev–Trinajstić information content (AvgIpc) is 3.11. The van der Waals surface area contributed by atoms with Crippen molar-refractivity contribution in [2.45, 2.75) is 45.2 Å². The zero-order valence-corrected chi connectivity index (χ0v) is 15.1. The van der Waals surface area contributed by atoms with Gasteiger partial charge in [0.2, 0.25) is 5.91 Å². The number of hydrogen-bond donors (Lipinski definition) is 0. The Hall–Kier alpha value is -2.22. The van der Waals surface area contributed by atoms with Gasteiger partial charge in [0, 0.05) is 25.4 Å². The van der Waals surface area contributed by atoms with E-state index in [4.69, 9.17) is 9.47 Å². The first-order valence-electron chi connectivity index (χ1n) is 8.44. The normalized spacial score (nSPS) is 22.4. The smallest absolute Gasteiger partial charge is 0.416 e. The summed E-state index contributed by atoms with van der Waals surface area (Å²) in [5.74, 6) is 1.01. The van der Waals surface area contributed by atoms with Crippen LogP contribution in [0.5, 0.6) is 0 Å². The molecule has 0 aromatic carbocycles. The predicted octanol–water partition coefficient (Wildman–Crippen LogP) is 1.83. The fourth-order valence-electron chi connectivity index (χ4n) is 3.40. The lowest BCUT2D eigenvalue weighted by Crippen LogP contribution is -2.43. The Labute approximate surface area is 147 Å². The average molecular weight is 348 g/mol. The van der Waals surface area contributed by atoms with E-state index in [0.717, 1.165) is 18.5 Å². The van der Waals surface area contributed by atoms with Gasteiger partial charge in [-0.2, -0.15) is 0 Å². The van der Waals surface area contributed by atoms with Gasteiger partial charge in [-0.1, -0.05) is 0 Å². The van der Waals surface area contributed by atoms with E-state index in [1.165, 1.54) is 7.11 Å². The molecule has 1 aromatic rings. The molecule has 2 aliphatic rings. The Morgan fingerprint density at radius 1 is 1.44 bits per heavy atom. The Bertz CT molecular complexity index is 691. The molecule has 1 atom stereocenters. The molecule has 0 spiro atoms. The van der Waals surface area contributed by atoms with Gasteiger partial charge in [0.25, 0.3) is 0 Å². The summed E-state index contributed by atoms with van der Waals surface area (Å²) >= 11 is 0. The first-order chi connectivity index (χ1) is 11.8. The number of methoxy groups -OCH3 is 1. The van der Waals surface area contributed by atoms with E-state index in [-0.39, 0.29) is 18.6 Å². The van der Waals surface area contributed by atoms with Crippen molar-refractivity contribution in [2.75, 3.05) is 31.8 Å². The fraction of sp³-hybridized carbons (Fsp3) is 0.647. The molecule has 0 bridgehead atoms. The van der Waals surface area contributed by atoms with Gasteiger partial charge in [0.1, 0.15) is 19.0 Å². The molecule has 1 aromatic heterocycles. The van der Waals surface area contributed by atoms with E-state index in [1.54, 1.807) is 15.9 Å². The van der Waals surface area contributed by atoms with Crippen LogP contribution in [0.1, 0.15) is 44.2 Å². The Kier molecular flexibility index (Phi) is 4.64. The number of aromatic nitrogens is 2. The van der Waals surface area contributed by atoms with Crippen LogP contribution < -0.4 is 4.90 Å². The van der Waals surface area contributed by atoms with Gasteiger partial charge >= 0.3 is 6.09 Å². The van der Waals surface area contributed by atoms with Crippen LogP contribution >= 0.6 is 0 Å². The van der Waals surface area contributed by atoms with Crippen LogP contribution in [-0.2, 0) is 14.3 Å². The molecule has 8 nitrogen and oxygen atoms in total. The molecular formula is C17H24N4O4. The van der Waals surface area contributed by atoms with Crippen molar-refractivity contribution in [3.8, 4) is 0 Å². The third kappa shape index (κ3) is 3.30. The summed E-state index contributed by atoms with van der Waals surface area (Å²) in [6.45, 7) is 6.74. The molecule has 2 amide bonds. The molecule has 2 saturated heterocycles. The number of anilines is 1. The minimum atomic E-state index is -0.476. The SMILES string of the molecule is COCC(=O)N1CCCC1c1nc(C)cc(N2C(=O)OCC2(C)C)n1. The van der Waals surface area contributed by atoms with Crippen LogP contribution in [0.4, 0.5) is 10.6 Å². The first-order valence-corrected chi connectivity index (χ1v) is 8.44. The molecule has 3 heterocycles. The fourth-order valence-corrected chi connectivity index (χ4v) is 3.40. The van der Waals surface area contributed by atoms with Gasteiger partial charge in [-0.3, -0.25) is 9.69 Å². The molecule has 3 rings (SSSR count). The minimum Gasteiger partial charge on any atom is -0.447 e. The van der Waals surface area contributed by atoms with E-state index in [2.05, 4.69) is 9.97 Å². The Balaban J connectivity index is 1.94. The van der Waals surface area contributed by atoms with Crippen molar-refractivity contribution < 1.29 is 19.1 Å². The van der Waals surface area contributed by atoms with Gasteiger partial charge in [-0.05, 0) is 33.6 Å². The Morgan fingerprint density at radius 3 is 2.84 bits per heavy atom. The van der Waals surface area contributed by atoms with Crippen LogP contribution in [0.2, 0.25) is 0 Å². The number of aryl methyl sites for hydroxylation is 1. The predicted molar refractivity (Wildman–Crippen MR) is 90.2 cm³/mol. The quantitative estimate of drug-likeness (QED) is 0.825. The number of carbonyl (C=O) groups is 2. The highest BCUT2D eigenvalue weighted by Crippen LogP contribution is 2.34. The van der Waals surface area contributed by atoms with Gasteiger partial charge < -0.3 is 14.4 Å². The molecule has 0 saturated carbocycles. The highest BCUT2D eigenvalue weighted by molar-refractivity contribution is 5.90. The zero-order valence-electron chi connectivity index (χ0n) is 15.1. The molecule has 25 heavy (non-hydrogen) atoms. The lowest BCUT2D eigenvalue weighted by atomic mass is 10.1. The maximum absolute atomic E-state index is 12.3. The molecule has 2 fully saturated rings. The molecule has 136 valence electrons. The summed E-state index contributed by atoms with van der Waals surface area (Å²) in [7, 11) is 1.51. The van der Waals surface area contributed by atoms with Crippen LogP contribution in [-0.4, -0.2) is 59.3 Å². The van der Waals surface area contributed by atoms with E-state index in [1.807, 2.05) is 20.8 Å². The standard InChI is InChI=1S/C17H24N4O4/c1-11-8-13(21-16(23)25-10-17(21,2)3)19-15(18-11)12-6-5-7-20(12)14(22)9-24-4/h8,12H,5-7,9-10H2,1-4H3. The number of amides is 2. The summed E-state index contributed by atoms with van der Waals surface area (Å²) in [5, 5.41) is 0. The van der Waals surface area contributed by atoms with Crippen LogP contribution in [0.15, 0.2) is 6.07 Å². The summed E-state index contributed by atoms with van der Waals surface area (Å²) in [5.41, 5.74) is 0.276. The number of carbonyl (C=O) groups excluding carboxylic acids is 2. The second-order valence-corrected chi connectivity index (χ2v) is 7.11. The van der Waals surface area contributed by atoms with Crippen LogP contribution in [0, 0.1) is 6.92 Å². The van der Waals surface area contributed by atoms with Crippen molar-refractivity contribution in [2.24, 2.45) is 0 Å². The third-order valence-corrected chi connectivity index (χ3v) is 4.56. The summed E-state index contributed by atoms with van der Waals surface area (Å²) in [6, 6.07) is 1.58. The molecule has 1 unspecified atom stereocenters. The number of ether oxygens (including phenoxy) is 2. The van der Waals surface area contributed by atoms with Gasteiger partial charge in [-0.15, -0.1) is 0 Å². The van der Waals surface area contributed by atoms with E-state index >= 15 is 0 Å². The van der Waals surface area contributed by atoms with E-state index < -0.39 is 11.6 Å². The van der Waals surface area contributed by atoms with Crippen molar-refractivity contribution >= 4 is 17.8 Å². The second kappa shape index (κ2) is 6.59. The van der Waals surface area contributed by atoms with Gasteiger partial charge in [0.05, 0.1) is 11.6 Å². The molecule has 8 heteroatoms. The van der Waals surface area contributed by atoms with Crippen molar-refractivity contribution in [1.29, 1.82) is 0 Å². The van der Waals surface area contributed by atoms with Crippen molar-refractivity contribution in [1.82, 2.24) is 14.9 Å². The highest BCUT2D eigenvalue weighted by atomic mass is 16.6. The molecule has 0 N–H and O–H groups in total. The number of cyclic esters (lactones) is 1. The molecule has 0 aliphatic carbocycles. The molecule has 2 aliphatic heterocycles. The van der Waals surface area contributed by atoms with Gasteiger partial charge in [0.15, 0.2) is 5.82 Å². The summed E-state index contributed by atoms with van der Waals surface area (Å²) in [4.78, 5) is 36.9. The second-order valence-electron chi connectivity index (χ2n) is 7.11. The third-order valence-electron chi connectivity index (χ3n) is 4.56. The Morgan fingerprint density at radius 2 is 2.20 bits per heavy atom. The van der Waals surface area contributed by atoms with E-state index in [9.17, 15) is 9.59 Å². The topological polar surface area (TPSA) is 84.9 Å². The van der Waals surface area contributed by atoms with Crippen molar-refractivity contribution in [3.05, 3.63) is 17.6 Å². The lowest BCUT2D eigenvalue weighted by Gasteiger charge is -2.28. The van der Waals surface area contributed by atoms with Crippen molar-refractivity contribution in [3.63, 3.8) is 0 Å². The summed E-state index contributed by atoms with van der Waals surface area (Å²) in [6.07, 6.45) is 1.28. The minimum absolute atomic E-state index is 0.0423. The molecule has 0 radical (unpaired) electrons. The number of nitrogens with zero attached hydrogens (tertiary/aromatic N) is 4. The number of rotatable bonds is 4. The number of likely N-dealkylation sites (tertiary alicyclic amines) is 1.